The molecule has 0 aliphatic carbocycles. The van der Waals surface area contributed by atoms with Gasteiger partial charge in [0.2, 0.25) is 10.0 Å². The van der Waals surface area contributed by atoms with Crippen LogP contribution in [0.4, 0.5) is 0 Å². The maximum atomic E-state index is 11.0. The first-order valence-electron chi connectivity index (χ1n) is 5.06. The molecule has 0 saturated carbocycles. The second-order valence-electron chi connectivity index (χ2n) is 3.59. The van der Waals surface area contributed by atoms with Gasteiger partial charge < -0.3 is 4.74 Å². The van der Waals surface area contributed by atoms with Gasteiger partial charge in [-0.15, -0.1) is 0 Å². The largest absolute Gasteiger partial charge is 0.496 e. The Hall–Kier alpha value is -1.07. The zero-order valence-corrected chi connectivity index (χ0v) is 10.6. The Morgan fingerprint density at radius 1 is 1.38 bits per heavy atom. The molecule has 90 valence electrons. The average Bonchev–Trinajstić information content (AvgIpc) is 2.25. The second kappa shape index (κ2) is 5.32. The van der Waals surface area contributed by atoms with Crippen LogP contribution >= 0.6 is 0 Å². The quantitative estimate of drug-likeness (QED) is 0.848. The van der Waals surface area contributed by atoms with Crippen LogP contribution in [0.15, 0.2) is 18.2 Å². The van der Waals surface area contributed by atoms with Crippen LogP contribution in [0, 0.1) is 0 Å². The molecule has 0 unspecified atom stereocenters. The average molecular weight is 243 g/mol. The highest BCUT2D eigenvalue weighted by Gasteiger charge is 2.06. The van der Waals surface area contributed by atoms with Crippen LogP contribution < -0.4 is 9.46 Å². The van der Waals surface area contributed by atoms with Crippen molar-refractivity contribution >= 4 is 10.0 Å². The Morgan fingerprint density at radius 3 is 2.56 bits per heavy atom. The third-order valence-electron chi connectivity index (χ3n) is 2.28. The molecule has 1 rings (SSSR count). The number of rotatable bonds is 5. The van der Waals surface area contributed by atoms with Crippen LogP contribution in [0.3, 0.4) is 0 Å². The van der Waals surface area contributed by atoms with Gasteiger partial charge in [-0.1, -0.05) is 19.1 Å². The summed E-state index contributed by atoms with van der Waals surface area (Å²) < 4.78 is 29.6. The van der Waals surface area contributed by atoms with Crippen LogP contribution in [-0.4, -0.2) is 21.8 Å². The summed E-state index contributed by atoms with van der Waals surface area (Å²) in [6, 6.07) is 5.79. The van der Waals surface area contributed by atoms with E-state index in [1.54, 1.807) is 7.11 Å². The molecule has 4 nitrogen and oxygen atoms in total. The number of hydrogen-bond acceptors (Lipinski definition) is 3. The molecule has 1 aromatic carbocycles. The molecule has 1 N–H and O–H groups in total. The first-order valence-corrected chi connectivity index (χ1v) is 6.96. The van der Waals surface area contributed by atoms with Crippen molar-refractivity contribution in [2.45, 2.75) is 19.9 Å². The Bertz CT molecular complexity index is 454. The van der Waals surface area contributed by atoms with Crippen LogP contribution in [0.2, 0.25) is 0 Å². The highest BCUT2D eigenvalue weighted by molar-refractivity contribution is 7.88. The molecule has 0 aliphatic rings. The Labute approximate surface area is 96.7 Å². The van der Waals surface area contributed by atoms with E-state index in [0.29, 0.717) is 0 Å². The molecule has 0 amide bonds. The number of hydrogen-bond donors (Lipinski definition) is 1. The van der Waals surface area contributed by atoms with Crippen molar-refractivity contribution in [3.63, 3.8) is 0 Å². The third-order valence-corrected chi connectivity index (χ3v) is 2.95. The summed E-state index contributed by atoms with van der Waals surface area (Å²) in [6.45, 7) is 2.31. The normalized spacial score (nSPS) is 11.4. The lowest BCUT2D eigenvalue weighted by Crippen LogP contribution is -2.21. The van der Waals surface area contributed by atoms with Crippen molar-refractivity contribution in [1.29, 1.82) is 0 Å². The molecule has 0 radical (unpaired) electrons. The molecule has 0 bridgehead atoms. The predicted molar refractivity (Wildman–Crippen MR) is 64.1 cm³/mol. The highest BCUT2D eigenvalue weighted by atomic mass is 32.2. The molecule has 0 atom stereocenters. The number of methoxy groups -OCH3 is 1. The lowest BCUT2D eigenvalue weighted by Gasteiger charge is -2.10. The maximum Gasteiger partial charge on any atom is 0.209 e. The summed E-state index contributed by atoms with van der Waals surface area (Å²) in [4.78, 5) is 0. The van der Waals surface area contributed by atoms with Gasteiger partial charge in [0.25, 0.3) is 0 Å². The zero-order valence-electron chi connectivity index (χ0n) is 9.78. The monoisotopic (exact) mass is 243 g/mol. The number of aryl methyl sites for hydroxylation is 1. The van der Waals surface area contributed by atoms with Crippen LogP contribution in [0.25, 0.3) is 0 Å². The maximum absolute atomic E-state index is 11.0. The van der Waals surface area contributed by atoms with Gasteiger partial charge in [-0.05, 0) is 18.1 Å². The van der Waals surface area contributed by atoms with Crippen LogP contribution in [0.1, 0.15) is 18.1 Å². The molecule has 0 aliphatic heterocycles. The second-order valence-corrected chi connectivity index (χ2v) is 5.43. The summed E-state index contributed by atoms with van der Waals surface area (Å²) in [5, 5.41) is 0. The lowest BCUT2D eigenvalue weighted by molar-refractivity contribution is 0.408. The van der Waals surface area contributed by atoms with Crippen LogP contribution in [0.5, 0.6) is 5.75 Å². The van der Waals surface area contributed by atoms with E-state index in [-0.39, 0.29) is 6.54 Å². The minimum Gasteiger partial charge on any atom is -0.496 e. The van der Waals surface area contributed by atoms with Gasteiger partial charge in [-0.3, -0.25) is 0 Å². The van der Waals surface area contributed by atoms with Crippen molar-refractivity contribution in [3.8, 4) is 5.75 Å². The molecule has 16 heavy (non-hydrogen) atoms. The van der Waals surface area contributed by atoms with E-state index in [1.165, 1.54) is 5.56 Å². The van der Waals surface area contributed by atoms with Gasteiger partial charge in [-0.2, -0.15) is 0 Å². The summed E-state index contributed by atoms with van der Waals surface area (Å²) in [7, 11) is -1.59. The predicted octanol–water partition coefficient (Wildman–Crippen LogP) is 1.31. The fraction of sp³-hybridized carbons (Fsp3) is 0.455. The van der Waals surface area contributed by atoms with Gasteiger partial charge in [0.15, 0.2) is 0 Å². The minimum atomic E-state index is -3.17. The van der Waals surface area contributed by atoms with Gasteiger partial charge in [0, 0.05) is 12.1 Å². The van der Waals surface area contributed by atoms with E-state index in [0.717, 1.165) is 24.0 Å². The third kappa shape index (κ3) is 3.83. The molecule has 0 aromatic heterocycles. The van der Waals surface area contributed by atoms with Crippen LogP contribution in [-0.2, 0) is 23.0 Å². The first-order chi connectivity index (χ1) is 7.46. The Morgan fingerprint density at radius 2 is 2.06 bits per heavy atom. The van der Waals surface area contributed by atoms with Gasteiger partial charge >= 0.3 is 0 Å². The first kappa shape index (κ1) is 13.0. The molecular formula is C11H17NO3S. The van der Waals surface area contributed by atoms with E-state index in [4.69, 9.17) is 4.74 Å². The van der Waals surface area contributed by atoms with Crippen molar-refractivity contribution in [3.05, 3.63) is 29.3 Å². The Kier molecular flexibility index (Phi) is 4.32. The summed E-state index contributed by atoms with van der Waals surface area (Å²) in [5.74, 6) is 0.718. The number of benzene rings is 1. The molecular weight excluding hydrogens is 226 g/mol. The summed E-state index contributed by atoms with van der Waals surface area (Å²) in [5.41, 5.74) is 2.00. The summed E-state index contributed by atoms with van der Waals surface area (Å²) in [6.07, 6.45) is 2.07. The Balaban J connectivity index is 2.87. The number of ether oxygens (including phenoxy) is 1. The lowest BCUT2D eigenvalue weighted by atomic mass is 10.1. The molecule has 5 heteroatoms. The van der Waals surface area contributed by atoms with Crippen molar-refractivity contribution in [2.75, 3.05) is 13.4 Å². The highest BCUT2D eigenvalue weighted by Crippen LogP contribution is 2.20. The van der Waals surface area contributed by atoms with Gasteiger partial charge in [0.1, 0.15) is 5.75 Å². The number of nitrogens with one attached hydrogen (secondary N) is 1. The van der Waals surface area contributed by atoms with E-state index in [9.17, 15) is 8.42 Å². The standard InChI is InChI=1S/C11H17NO3S/c1-4-9-5-6-10(11(7-9)15-2)8-12-16(3,13)14/h5-7,12H,4,8H2,1-3H3. The SMILES string of the molecule is CCc1ccc(CNS(C)(=O)=O)c(OC)c1. The van der Waals surface area contributed by atoms with Gasteiger partial charge in [-0.25, -0.2) is 13.1 Å². The zero-order chi connectivity index (χ0) is 12.2. The smallest absolute Gasteiger partial charge is 0.209 e. The van der Waals surface area contributed by atoms with E-state index < -0.39 is 10.0 Å². The van der Waals surface area contributed by atoms with E-state index in [1.807, 2.05) is 18.2 Å². The molecule has 0 heterocycles. The fourth-order valence-electron chi connectivity index (χ4n) is 1.36. The van der Waals surface area contributed by atoms with Crippen molar-refractivity contribution in [1.82, 2.24) is 4.72 Å². The fourth-order valence-corrected chi connectivity index (χ4v) is 1.78. The number of sulfonamides is 1. The van der Waals surface area contributed by atoms with Crippen molar-refractivity contribution in [2.24, 2.45) is 0 Å². The molecule has 0 fully saturated rings. The molecule has 1 aromatic rings. The topological polar surface area (TPSA) is 55.4 Å². The van der Waals surface area contributed by atoms with Crippen molar-refractivity contribution < 1.29 is 13.2 Å². The minimum absolute atomic E-state index is 0.256. The molecule has 0 saturated heterocycles. The van der Waals surface area contributed by atoms with E-state index in [2.05, 4.69) is 11.6 Å². The summed E-state index contributed by atoms with van der Waals surface area (Å²) >= 11 is 0. The molecule has 0 spiro atoms. The van der Waals surface area contributed by atoms with E-state index >= 15 is 0 Å². The van der Waals surface area contributed by atoms with Gasteiger partial charge in [0.05, 0.1) is 13.4 Å².